The van der Waals surface area contributed by atoms with Crippen LogP contribution in [0.15, 0.2) is 0 Å². The number of hydrogen-bond donors (Lipinski definition) is 1. The minimum atomic E-state index is -0.440. The average molecular weight is 188 g/mol. The van der Waals surface area contributed by atoms with E-state index < -0.39 is 6.10 Å². The van der Waals surface area contributed by atoms with Crippen LogP contribution in [0.25, 0.3) is 0 Å². The van der Waals surface area contributed by atoms with E-state index in [2.05, 4.69) is 0 Å². The van der Waals surface area contributed by atoms with E-state index in [1.807, 2.05) is 13.8 Å². The lowest BCUT2D eigenvalue weighted by Gasteiger charge is -2.27. The van der Waals surface area contributed by atoms with E-state index in [0.29, 0.717) is 6.42 Å². The molecule has 1 N–H and O–H groups in total. The van der Waals surface area contributed by atoms with E-state index in [-0.39, 0.29) is 17.6 Å². The highest BCUT2D eigenvalue weighted by Crippen LogP contribution is 2.25. The number of thioether (sulfide) groups is 1. The lowest BCUT2D eigenvalue weighted by molar-refractivity contribution is -0.126. The number of rotatable bonds is 2. The molecular weight excluding hydrogens is 172 g/mol. The Morgan fingerprint density at radius 2 is 2.25 bits per heavy atom. The van der Waals surface area contributed by atoms with Gasteiger partial charge >= 0.3 is 0 Å². The molecule has 1 fully saturated rings. The van der Waals surface area contributed by atoms with Crippen molar-refractivity contribution in [2.45, 2.75) is 26.4 Å². The fourth-order valence-electron chi connectivity index (χ4n) is 1.42. The first kappa shape index (κ1) is 10.1. The summed E-state index contributed by atoms with van der Waals surface area (Å²) in [5.41, 5.74) is 0. The summed E-state index contributed by atoms with van der Waals surface area (Å²) in [4.78, 5) is 11.4. The predicted octanol–water partition coefficient (Wildman–Crippen LogP) is 1.33. The molecule has 2 nitrogen and oxygen atoms in total. The van der Waals surface area contributed by atoms with Gasteiger partial charge in [0.25, 0.3) is 0 Å². The van der Waals surface area contributed by atoms with Crippen molar-refractivity contribution in [1.29, 1.82) is 0 Å². The number of hydrogen-bond acceptors (Lipinski definition) is 3. The van der Waals surface area contributed by atoms with Gasteiger partial charge in [0.15, 0.2) is 0 Å². The van der Waals surface area contributed by atoms with Crippen LogP contribution in [-0.4, -0.2) is 28.5 Å². The van der Waals surface area contributed by atoms with Crippen molar-refractivity contribution >= 4 is 17.5 Å². The van der Waals surface area contributed by atoms with Crippen molar-refractivity contribution < 1.29 is 9.90 Å². The highest BCUT2D eigenvalue weighted by atomic mass is 32.2. The summed E-state index contributed by atoms with van der Waals surface area (Å²) in [6.45, 7) is 3.91. The van der Waals surface area contributed by atoms with Crippen molar-refractivity contribution in [1.82, 2.24) is 0 Å². The van der Waals surface area contributed by atoms with Gasteiger partial charge in [-0.15, -0.1) is 0 Å². The van der Waals surface area contributed by atoms with Gasteiger partial charge in [-0.3, -0.25) is 4.79 Å². The van der Waals surface area contributed by atoms with Gasteiger partial charge < -0.3 is 5.11 Å². The molecule has 0 radical (unpaired) electrons. The first-order valence-electron chi connectivity index (χ1n) is 4.41. The maximum Gasteiger partial charge on any atom is 0.140 e. The number of Topliss-reactive ketones (excluding diaryl/α,β-unsaturated/α-hetero) is 1. The Hall–Kier alpha value is -0.0200. The molecule has 2 atom stereocenters. The van der Waals surface area contributed by atoms with Gasteiger partial charge in [-0.1, -0.05) is 13.8 Å². The monoisotopic (exact) mass is 188 g/mol. The third-order valence-corrected chi connectivity index (χ3v) is 3.39. The van der Waals surface area contributed by atoms with E-state index in [0.717, 1.165) is 11.5 Å². The molecule has 0 bridgehead atoms. The minimum Gasteiger partial charge on any atom is -0.392 e. The SMILES string of the molecule is CC(C)[C@H](O)[C@H]1CSCCC1=O. The molecule has 0 unspecified atom stereocenters. The summed E-state index contributed by atoms with van der Waals surface area (Å²) in [7, 11) is 0. The van der Waals surface area contributed by atoms with Crippen molar-refractivity contribution in [3.8, 4) is 0 Å². The van der Waals surface area contributed by atoms with E-state index in [1.165, 1.54) is 0 Å². The lowest BCUT2D eigenvalue weighted by Crippen LogP contribution is -2.36. The maximum atomic E-state index is 11.4. The highest BCUT2D eigenvalue weighted by Gasteiger charge is 2.30. The van der Waals surface area contributed by atoms with Gasteiger partial charge in [-0.05, 0) is 5.92 Å². The van der Waals surface area contributed by atoms with Crippen LogP contribution in [0.5, 0.6) is 0 Å². The Balaban J connectivity index is 2.53. The summed E-state index contributed by atoms with van der Waals surface area (Å²) in [6, 6.07) is 0. The molecule has 0 spiro atoms. The Bertz CT molecular complexity index is 168. The topological polar surface area (TPSA) is 37.3 Å². The number of ketones is 1. The van der Waals surface area contributed by atoms with Crippen LogP contribution >= 0.6 is 11.8 Å². The molecule has 0 aliphatic carbocycles. The molecule has 1 saturated heterocycles. The second-order valence-electron chi connectivity index (χ2n) is 3.63. The van der Waals surface area contributed by atoms with Crippen LogP contribution in [0.2, 0.25) is 0 Å². The molecule has 1 rings (SSSR count). The molecule has 0 aromatic heterocycles. The molecule has 1 heterocycles. The zero-order chi connectivity index (χ0) is 9.14. The normalized spacial score (nSPS) is 27.7. The number of carbonyl (C=O) groups is 1. The molecule has 12 heavy (non-hydrogen) atoms. The van der Waals surface area contributed by atoms with Crippen molar-refractivity contribution in [3.05, 3.63) is 0 Å². The summed E-state index contributed by atoms with van der Waals surface area (Å²) in [5, 5.41) is 9.69. The third-order valence-electron chi connectivity index (χ3n) is 2.30. The van der Waals surface area contributed by atoms with E-state index >= 15 is 0 Å². The summed E-state index contributed by atoms with van der Waals surface area (Å²) >= 11 is 1.77. The van der Waals surface area contributed by atoms with Crippen LogP contribution < -0.4 is 0 Å². The number of aliphatic hydroxyl groups is 1. The molecule has 3 heteroatoms. The van der Waals surface area contributed by atoms with Crippen molar-refractivity contribution in [2.24, 2.45) is 11.8 Å². The van der Waals surface area contributed by atoms with E-state index in [4.69, 9.17) is 0 Å². The first-order valence-corrected chi connectivity index (χ1v) is 5.57. The molecule has 0 aromatic rings. The van der Waals surface area contributed by atoms with Gasteiger partial charge in [0.2, 0.25) is 0 Å². The van der Waals surface area contributed by atoms with Crippen LogP contribution in [-0.2, 0) is 4.79 Å². The van der Waals surface area contributed by atoms with E-state index in [9.17, 15) is 9.90 Å². The van der Waals surface area contributed by atoms with Crippen LogP contribution in [0.1, 0.15) is 20.3 Å². The Kier molecular flexibility index (Phi) is 3.59. The predicted molar refractivity (Wildman–Crippen MR) is 51.3 cm³/mol. The fourth-order valence-corrected chi connectivity index (χ4v) is 2.56. The smallest absolute Gasteiger partial charge is 0.140 e. The van der Waals surface area contributed by atoms with Crippen molar-refractivity contribution in [3.63, 3.8) is 0 Å². The Morgan fingerprint density at radius 3 is 2.75 bits per heavy atom. The minimum absolute atomic E-state index is 0.108. The quantitative estimate of drug-likeness (QED) is 0.710. The molecule has 0 saturated carbocycles. The highest BCUT2D eigenvalue weighted by molar-refractivity contribution is 7.99. The van der Waals surface area contributed by atoms with Crippen LogP contribution in [0.4, 0.5) is 0 Å². The zero-order valence-electron chi connectivity index (χ0n) is 7.62. The fraction of sp³-hybridized carbons (Fsp3) is 0.889. The number of carbonyl (C=O) groups excluding carboxylic acids is 1. The molecule has 1 aliphatic rings. The van der Waals surface area contributed by atoms with Crippen LogP contribution in [0.3, 0.4) is 0 Å². The van der Waals surface area contributed by atoms with Gasteiger partial charge in [-0.2, -0.15) is 11.8 Å². The lowest BCUT2D eigenvalue weighted by atomic mass is 9.90. The zero-order valence-corrected chi connectivity index (χ0v) is 8.43. The van der Waals surface area contributed by atoms with Gasteiger partial charge in [0.05, 0.1) is 12.0 Å². The van der Waals surface area contributed by atoms with E-state index in [1.54, 1.807) is 11.8 Å². The molecule has 0 amide bonds. The van der Waals surface area contributed by atoms with Gasteiger partial charge in [-0.25, -0.2) is 0 Å². The number of aliphatic hydroxyl groups excluding tert-OH is 1. The second-order valence-corrected chi connectivity index (χ2v) is 4.78. The summed E-state index contributed by atoms with van der Waals surface area (Å²) in [6.07, 6.45) is 0.198. The largest absolute Gasteiger partial charge is 0.392 e. The van der Waals surface area contributed by atoms with Crippen LogP contribution in [0, 0.1) is 11.8 Å². The van der Waals surface area contributed by atoms with Gasteiger partial charge in [0, 0.05) is 17.9 Å². The van der Waals surface area contributed by atoms with Gasteiger partial charge in [0.1, 0.15) is 5.78 Å². The van der Waals surface area contributed by atoms with Crippen molar-refractivity contribution in [2.75, 3.05) is 11.5 Å². The average Bonchev–Trinajstić information content (AvgIpc) is 2.04. The Labute approximate surface area is 77.7 Å². The molecule has 70 valence electrons. The standard InChI is InChI=1S/C9H16O2S/c1-6(2)9(11)7-5-12-4-3-8(7)10/h6-7,9,11H,3-5H2,1-2H3/t7-,9-/m0/s1. The molecular formula is C9H16O2S. The Morgan fingerprint density at radius 1 is 1.58 bits per heavy atom. The summed E-state index contributed by atoms with van der Waals surface area (Å²) in [5.74, 6) is 2.06. The molecule has 1 aliphatic heterocycles. The summed E-state index contributed by atoms with van der Waals surface area (Å²) < 4.78 is 0. The first-order chi connectivity index (χ1) is 5.63. The third kappa shape index (κ3) is 2.23. The second kappa shape index (κ2) is 4.28. The maximum absolute atomic E-state index is 11.4. The molecule has 0 aromatic carbocycles.